The molecule has 3 fully saturated rings. The maximum Gasteiger partial charge on any atom is 0.320 e. The van der Waals surface area contributed by atoms with E-state index in [0.717, 1.165) is 58.6 Å². The normalized spacial score (nSPS) is 34.0. The van der Waals surface area contributed by atoms with E-state index in [1.807, 2.05) is 9.80 Å². The molecule has 0 saturated carbocycles. The molecule has 0 aromatic heterocycles. The molecule has 5 heteroatoms. The highest BCUT2D eigenvalue weighted by atomic mass is 16.5. The lowest BCUT2D eigenvalue weighted by atomic mass is 10.1. The van der Waals surface area contributed by atoms with Gasteiger partial charge in [0.1, 0.15) is 0 Å². The first-order valence-corrected chi connectivity index (χ1v) is 6.72. The van der Waals surface area contributed by atoms with E-state index in [1.165, 1.54) is 0 Å². The zero-order chi connectivity index (χ0) is 11.7. The van der Waals surface area contributed by atoms with Crippen LogP contribution in [-0.4, -0.2) is 67.3 Å². The highest BCUT2D eigenvalue weighted by molar-refractivity contribution is 5.76. The number of hydrogen-bond donors (Lipinski definition) is 1. The van der Waals surface area contributed by atoms with E-state index < -0.39 is 0 Å². The lowest BCUT2D eigenvalue weighted by Gasteiger charge is -2.44. The Balaban J connectivity index is 1.60. The first kappa shape index (κ1) is 11.3. The monoisotopic (exact) mass is 239 g/mol. The predicted octanol–water partition coefficient (Wildman–Crippen LogP) is 0.265. The van der Waals surface area contributed by atoms with Crippen molar-refractivity contribution in [1.82, 2.24) is 15.1 Å². The smallest absolute Gasteiger partial charge is 0.320 e. The molecule has 3 saturated heterocycles. The van der Waals surface area contributed by atoms with Crippen LogP contribution >= 0.6 is 0 Å². The number of rotatable bonds is 2. The molecular formula is C12H21N3O2. The first-order valence-electron chi connectivity index (χ1n) is 6.72. The number of urea groups is 1. The number of nitrogens with zero attached hydrogens (tertiary/aromatic N) is 2. The van der Waals surface area contributed by atoms with Crippen molar-refractivity contribution in [2.75, 3.05) is 39.3 Å². The Bertz CT molecular complexity index is 291. The van der Waals surface area contributed by atoms with Gasteiger partial charge in [-0.15, -0.1) is 0 Å². The molecule has 0 spiro atoms. The Morgan fingerprint density at radius 3 is 3.12 bits per heavy atom. The Morgan fingerprint density at radius 1 is 1.35 bits per heavy atom. The second-order valence-electron chi connectivity index (χ2n) is 5.20. The number of nitrogens with one attached hydrogen (secondary N) is 1. The predicted molar refractivity (Wildman–Crippen MR) is 63.9 cm³/mol. The average Bonchev–Trinajstić information content (AvgIpc) is 2.86. The molecule has 0 aromatic rings. The van der Waals surface area contributed by atoms with Crippen LogP contribution in [0, 0.1) is 0 Å². The van der Waals surface area contributed by atoms with Gasteiger partial charge in [-0.3, -0.25) is 0 Å². The third-order valence-electron chi connectivity index (χ3n) is 4.05. The molecule has 0 radical (unpaired) electrons. The van der Waals surface area contributed by atoms with Gasteiger partial charge in [0.05, 0.1) is 6.10 Å². The van der Waals surface area contributed by atoms with Crippen LogP contribution in [0.25, 0.3) is 0 Å². The van der Waals surface area contributed by atoms with Crippen LogP contribution in [0.2, 0.25) is 0 Å². The van der Waals surface area contributed by atoms with Crippen LogP contribution in [0.1, 0.15) is 19.3 Å². The second-order valence-corrected chi connectivity index (χ2v) is 5.20. The van der Waals surface area contributed by atoms with Gasteiger partial charge in [0.25, 0.3) is 0 Å². The fourth-order valence-electron chi connectivity index (χ4n) is 3.06. The Hall–Kier alpha value is -0.810. The maximum atomic E-state index is 12.3. The van der Waals surface area contributed by atoms with E-state index >= 15 is 0 Å². The molecule has 5 nitrogen and oxygen atoms in total. The average molecular weight is 239 g/mol. The number of amides is 2. The molecule has 1 N–H and O–H groups in total. The molecule has 3 rings (SSSR count). The molecule has 96 valence electrons. The lowest BCUT2D eigenvalue weighted by molar-refractivity contribution is 0.0457. The van der Waals surface area contributed by atoms with Gasteiger partial charge in [-0.25, -0.2) is 4.79 Å². The molecule has 3 heterocycles. The molecular weight excluding hydrogens is 218 g/mol. The summed E-state index contributed by atoms with van der Waals surface area (Å²) in [6.45, 7) is 5.28. The molecule has 2 amide bonds. The molecule has 2 unspecified atom stereocenters. The van der Waals surface area contributed by atoms with Crippen molar-refractivity contribution >= 4 is 6.03 Å². The van der Waals surface area contributed by atoms with Gasteiger partial charge in [0.2, 0.25) is 0 Å². The standard InChI is InChI=1S/C12H21N3O2/c16-12-14(9-11-2-1-7-17-11)5-3-10-8-13-4-6-15(10)12/h10-11,13H,1-9H2. The zero-order valence-corrected chi connectivity index (χ0v) is 10.2. The van der Waals surface area contributed by atoms with Crippen molar-refractivity contribution in [3.63, 3.8) is 0 Å². The summed E-state index contributed by atoms with van der Waals surface area (Å²) in [5.41, 5.74) is 0. The second kappa shape index (κ2) is 4.82. The maximum absolute atomic E-state index is 12.3. The minimum absolute atomic E-state index is 0.221. The van der Waals surface area contributed by atoms with Crippen molar-refractivity contribution in [2.24, 2.45) is 0 Å². The highest BCUT2D eigenvalue weighted by Gasteiger charge is 2.35. The summed E-state index contributed by atoms with van der Waals surface area (Å²) < 4.78 is 5.62. The first-order chi connectivity index (χ1) is 8.34. The van der Waals surface area contributed by atoms with Crippen molar-refractivity contribution < 1.29 is 9.53 Å². The van der Waals surface area contributed by atoms with Gasteiger partial charge in [0, 0.05) is 45.4 Å². The molecule has 0 bridgehead atoms. The number of piperazine rings is 1. The molecule has 2 atom stereocenters. The van der Waals surface area contributed by atoms with Crippen molar-refractivity contribution in [3.05, 3.63) is 0 Å². The molecule has 17 heavy (non-hydrogen) atoms. The van der Waals surface area contributed by atoms with Crippen LogP contribution in [0.5, 0.6) is 0 Å². The minimum atomic E-state index is 0.221. The van der Waals surface area contributed by atoms with Gasteiger partial charge < -0.3 is 19.9 Å². The van der Waals surface area contributed by atoms with Crippen LogP contribution in [0.3, 0.4) is 0 Å². The van der Waals surface area contributed by atoms with Crippen molar-refractivity contribution in [1.29, 1.82) is 0 Å². The Labute approximate surface area is 102 Å². The number of hydrogen-bond acceptors (Lipinski definition) is 3. The van der Waals surface area contributed by atoms with Crippen LogP contribution in [-0.2, 0) is 4.74 Å². The van der Waals surface area contributed by atoms with E-state index in [1.54, 1.807) is 0 Å². The van der Waals surface area contributed by atoms with Crippen LogP contribution in [0.4, 0.5) is 4.79 Å². The van der Waals surface area contributed by atoms with E-state index in [4.69, 9.17) is 4.74 Å². The van der Waals surface area contributed by atoms with Gasteiger partial charge in [-0.1, -0.05) is 0 Å². The zero-order valence-electron chi connectivity index (χ0n) is 10.2. The van der Waals surface area contributed by atoms with E-state index in [9.17, 15) is 4.79 Å². The molecule has 0 aromatic carbocycles. The van der Waals surface area contributed by atoms with E-state index in [-0.39, 0.29) is 12.1 Å². The van der Waals surface area contributed by atoms with Crippen molar-refractivity contribution in [2.45, 2.75) is 31.4 Å². The van der Waals surface area contributed by atoms with Gasteiger partial charge in [0.15, 0.2) is 0 Å². The fourth-order valence-corrected chi connectivity index (χ4v) is 3.06. The largest absolute Gasteiger partial charge is 0.376 e. The molecule has 3 aliphatic heterocycles. The van der Waals surface area contributed by atoms with Gasteiger partial charge >= 0.3 is 6.03 Å². The number of carbonyl (C=O) groups is 1. The van der Waals surface area contributed by atoms with Crippen LogP contribution in [0.15, 0.2) is 0 Å². The van der Waals surface area contributed by atoms with E-state index in [0.29, 0.717) is 6.04 Å². The van der Waals surface area contributed by atoms with E-state index in [2.05, 4.69) is 5.32 Å². The SMILES string of the molecule is O=C1N(CC2CCCO2)CCC2CNCCN12. The Morgan fingerprint density at radius 2 is 2.29 bits per heavy atom. The summed E-state index contributed by atoms with van der Waals surface area (Å²) in [6.07, 6.45) is 3.61. The number of carbonyl (C=O) groups excluding carboxylic acids is 1. The third kappa shape index (κ3) is 2.26. The quantitative estimate of drug-likeness (QED) is 0.752. The summed E-state index contributed by atoms with van der Waals surface area (Å²) in [6, 6.07) is 0.634. The van der Waals surface area contributed by atoms with Crippen LogP contribution < -0.4 is 5.32 Å². The Kier molecular flexibility index (Phi) is 3.20. The summed E-state index contributed by atoms with van der Waals surface area (Å²) in [4.78, 5) is 16.3. The summed E-state index contributed by atoms with van der Waals surface area (Å²) >= 11 is 0. The molecule has 0 aliphatic carbocycles. The minimum Gasteiger partial charge on any atom is -0.376 e. The highest BCUT2D eigenvalue weighted by Crippen LogP contribution is 2.20. The fraction of sp³-hybridized carbons (Fsp3) is 0.917. The van der Waals surface area contributed by atoms with Crippen molar-refractivity contribution in [3.8, 4) is 0 Å². The summed E-state index contributed by atoms with van der Waals surface area (Å²) in [5, 5.41) is 3.36. The van der Waals surface area contributed by atoms with Gasteiger partial charge in [-0.2, -0.15) is 0 Å². The van der Waals surface area contributed by atoms with Gasteiger partial charge in [-0.05, 0) is 19.3 Å². The topological polar surface area (TPSA) is 44.8 Å². The molecule has 3 aliphatic rings. The summed E-state index contributed by atoms with van der Waals surface area (Å²) in [5.74, 6) is 0. The third-order valence-corrected chi connectivity index (χ3v) is 4.05. The lowest BCUT2D eigenvalue weighted by Crippen LogP contribution is -2.62. The number of ether oxygens (including phenoxy) is 1. The summed E-state index contributed by atoms with van der Waals surface area (Å²) in [7, 11) is 0. The number of fused-ring (bicyclic) bond motifs is 1.